The van der Waals surface area contributed by atoms with Crippen molar-refractivity contribution < 1.29 is 14.3 Å². The highest BCUT2D eigenvalue weighted by molar-refractivity contribution is 5.97. The molecule has 0 spiro atoms. The molecule has 6 heteroatoms. The third kappa shape index (κ3) is 4.63. The standard InChI is InChI=1S/C29H33N3O3/c1-5-34-20(3)21-15-26(24-7-6-13-30-27(24)16-21)29(11-12-29)31-28(33)25-17-23(9-8-19(25)2)35-18-22-10-14-32(22)4/h6-9,13,15-17,22H,3,5,10-12,14,18H2,1-2,4H3,(H,31,33). The van der Waals surface area contributed by atoms with Crippen molar-refractivity contribution in [2.75, 3.05) is 26.8 Å². The highest BCUT2D eigenvalue weighted by Gasteiger charge is 2.47. The third-order valence-electron chi connectivity index (χ3n) is 7.31. The molecule has 1 N–H and O–H groups in total. The van der Waals surface area contributed by atoms with Crippen LogP contribution in [0.5, 0.6) is 5.75 Å². The molecule has 6 nitrogen and oxygen atoms in total. The predicted octanol–water partition coefficient (Wildman–Crippen LogP) is 5.05. The Bertz CT molecular complexity index is 1280. The van der Waals surface area contributed by atoms with Crippen LogP contribution < -0.4 is 10.1 Å². The molecule has 2 aromatic carbocycles. The van der Waals surface area contributed by atoms with Crippen molar-refractivity contribution in [1.82, 2.24) is 15.2 Å². The monoisotopic (exact) mass is 471 g/mol. The fourth-order valence-electron chi connectivity index (χ4n) is 4.78. The number of aromatic nitrogens is 1. The van der Waals surface area contributed by atoms with E-state index in [4.69, 9.17) is 9.47 Å². The van der Waals surface area contributed by atoms with Gasteiger partial charge in [-0.2, -0.15) is 0 Å². The molecule has 35 heavy (non-hydrogen) atoms. The molecule has 1 unspecified atom stereocenters. The van der Waals surface area contributed by atoms with Crippen molar-refractivity contribution in [3.8, 4) is 5.75 Å². The van der Waals surface area contributed by atoms with Gasteiger partial charge in [0, 0.05) is 28.8 Å². The Kier molecular flexibility index (Phi) is 6.24. The maximum atomic E-state index is 13.5. The van der Waals surface area contributed by atoms with Gasteiger partial charge < -0.3 is 14.8 Å². The maximum absolute atomic E-state index is 13.5. The molecule has 2 fully saturated rings. The van der Waals surface area contributed by atoms with Gasteiger partial charge in [-0.25, -0.2) is 0 Å². The number of hydrogen-bond acceptors (Lipinski definition) is 5. The number of likely N-dealkylation sites (N-methyl/N-ethyl adjacent to an activating group) is 1. The second-order valence-corrected chi connectivity index (χ2v) is 9.70. The van der Waals surface area contributed by atoms with Gasteiger partial charge in [-0.15, -0.1) is 0 Å². The van der Waals surface area contributed by atoms with Crippen molar-refractivity contribution in [3.05, 3.63) is 77.5 Å². The van der Waals surface area contributed by atoms with Gasteiger partial charge in [0.25, 0.3) is 5.91 Å². The summed E-state index contributed by atoms with van der Waals surface area (Å²) in [6.07, 6.45) is 4.68. The number of likely N-dealkylation sites (tertiary alicyclic amines) is 1. The van der Waals surface area contributed by atoms with Gasteiger partial charge in [0.2, 0.25) is 0 Å². The van der Waals surface area contributed by atoms with E-state index < -0.39 is 5.54 Å². The highest BCUT2D eigenvalue weighted by Crippen LogP contribution is 2.48. The van der Waals surface area contributed by atoms with Crippen molar-refractivity contribution in [2.24, 2.45) is 0 Å². The number of nitrogens with one attached hydrogen (secondary N) is 1. The van der Waals surface area contributed by atoms with E-state index in [2.05, 4.69) is 41.0 Å². The number of nitrogens with zero attached hydrogens (tertiary/aromatic N) is 2. The lowest BCUT2D eigenvalue weighted by atomic mass is 9.95. The largest absolute Gasteiger partial charge is 0.494 e. The number of hydrogen-bond donors (Lipinski definition) is 1. The number of pyridine rings is 1. The first-order chi connectivity index (χ1) is 16.9. The molecule has 1 aliphatic heterocycles. The Labute approximate surface area is 206 Å². The highest BCUT2D eigenvalue weighted by atomic mass is 16.5. The number of benzene rings is 2. The van der Waals surface area contributed by atoms with Gasteiger partial charge in [0.1, 0.15) is 18.1 Å². The lowest BCUT2D eigenvalue weighted by Crippen LogP contribution is -2.48. The quantitative estimate of drug-likeness (QED) is 0.443. The minimum atomic E-state index is -0.432. The van der Waals surface area contributed by atoms with Gasteiger partial charge in [0.15, 0.2) is 0 Å². The molecule has 1 saturated heterocycles. The number of amides is 1. The number of carbonyl (C=O) groups is 1. The van der Waals surface area contributed by atoms with E-state index in [0.29, 0.717) is 30.6 Å². The Morgan fingerprint density at radius 2 is 2.09 bits per heavy atom. The molecule has 2 aliphatic rings. The third-order valence-corrected chi connectivity index (χ3v) is 7.31. The molecule has 1 amide bonds. The number of carbonyl (C=O) groups excluding carboxylic acids is 1. The zero-order valence-electron chi connectivity index (χ0n) is 20.8. The Hall–Kier alpha value is -3.38. The lowest BCUT2D eigenvalue weighted by Gasteiger charge is -2.37. The van der Waals surface area contributed by atoms with E-state index >= 15 is 0 Å². The van der Waals surface area contributed by atoms with Crippen LogP contribution >= 0.6 is 0 Å². The molecule has 2 heterocycles. The first-order valence-corrected chi connectivity index (χ1v) is 12.4. The number of aryl methyl sites for hydroxylation is 1. The van der Waals surface area contributed by atoms with Gasteiger partial charge >= 0.3 is 0 Å². The summed E-state index contributed by atoms with van der Waals surface area (Å²) in [7, 11) is 2.11. The molecule has 182 valence electrons. The van der Waals surface area contributed by atoms with Crippen LogP contribution in [0.1, 0.15) is 53.2 Å². The van der Waals surface area contributed by atoms with Crippen LogP contribution in [0.3, 0.4) is 0 Å². The second kappa shape index (κ2) is 9.34. The topological polar surface area (TPSA) is 63.7 Å². The first-order valence-electron chi connectivity index (χ1n) is 12.4. The summed E-state index contributed by atoms with van der Waals surface area (Å²) >= 11 is 0. The molecule has 1 aliphatic carbocycles. The Balaban J connectivity index is 1.41. The average molecular weight is 472 g/mol. The average Bonchev–Trinajstić information content (AvgIpc) is 3.63. The molecule has 1 saturated carbocycles. The minimum absolute atomic E-state index is 0.0858. The fraction of sp³-hybridized carbons (Fsp3) is 0.379. The maximum Gasteiger partial charge on any atom is 0.252 e. The van der Waals surface area contributed by atoms with E-state index in [-0.39, 0.29) is 5.91 Å². The smallest absolute Gasteiger partial charge is 0.252 e. The molecular weight excluding hydrogens is 438 g/mol. The van der Waals surface area contributed by atoms with Crippen molar-refractivity contribution in [1.29, 1.82) is 0 Å². The van der Waals surface area contributed by atoms with Crippen LogP contribution in [0, 0.1) is 6.92 Å². The lowest BCUT2D eigenvalue weighted by molar-refractivity contribution is 0.0767. The molecule has 0 radical (unpaired) electrons. The summed E-state index contributed by atoms with van der Waals surface area (Å²) in [6.45, 7) is 10.3. The van der Waals surface area contributed by atoms with E-state index in [9.17, 15) is 4.79 Å². The summed E-state index contributed by atoms with van der Waals surface area (Å²) in [5, 5.41) is 4.39. The van der Waals surface area contributed by atoms with Gasteiger partial charge in [0.05, 0.1) is 17.7 Å². The molecular formula is C29H33N3O3. The van der Waals surface area contributed by atoms with Crippen LogP contribution in [-0.4, -0.2) is 48.6 Å². The van der Waals surface area contributed by atoms with Crippen molar-refractivity contribution >= 4 is 22.6 Å². The van der Waals surface area contributed by atoms with Gasteiger partial charge in [-0.3, -0.25) is 14.7 Å². The minimum Gasteiger partial charge on any atom is -0.494 e. The fourth-order valence-corrected chi connectivity index (χ4v) is 4.78. The van der Waals surface area contributed by atoms with Crippen LogP contribution in [0.15, 0.2) is 55.2 Å². The van der Waals surface area contributed by atoms with Crippen molar-refractivity contribution in [2.45, 2.75) is 44.7 Å². The number of ether oxygens (including phenoxy) is 2. The molecule has 0 bridgehead atoms. The van der Waals surface area contributed by atoms with Crippen LogP contribution in [0.25, 0.3) is 16.7 Å². The summed E-state index contributed by atoms with van der Waals surface area (Å²) in [5.41, 5.74) is 3.96. The summed E-state index contributed by atoms with van der Waals surface area (Å²) in [5.74, 6) is 1.26. The Morgan fingerprint density at radius 3 is 2.77 bits per heavy atom. The predicted molar refractivity (Wildman–Crippen MR) is 138 cm³/mol. The van der Waals surface area contributed by atoms with Crippen molar-refractivity contribution in [3.63, 3.8) is 0 Å². The van der Waals surface area contributed by atoms with Gasteiger partial charge in [-0.05, 0) is 88.2 Å². The van der Waals surface area contributed by atoms with E-state index in [1.54, 1.807) is 6.20 Å². The van der Waals surface area contributed by atoms with E-state index in [0.717, 1.165) is 59.2 Å². The van der Waals surface area contributed by atoms with Crippen LogP contribution in [0.2, 0.25) is 0 Å². The molecule has 3 aromatic rings. The van der Waals surface area contributed by atoms with E-state index in [1.165, 1.54) is 0 Å². The Morgan fingerprint density at radius 1 is 1.26 bits per heavy atom. The molecule has 5 rings (SSSR count). The molecule has 1 aromatic heterocycles. The SMILES string of the molecule is C=C(OCC)c1cc(C2(NC(=O)c3cc(OCC4CCN4C)ccc3C)CC2)c2cccnc2c1. The van der Waals surface area contributed by atoms with Crippen LogP contribution in [0.4, 0.5) is 0 Å². The van der Waals surface area contributed by atoms with Crippen LogP contribution in [-0.2, 0) is 10.3 Å². The first kappa shape index (κ1) is 23.4. The zero-order chi connectivity index (χ0) is 24.6. The van der Waals surface area contributed by atoms with Gasteiger partial charge in [-0.1, -0.05) is 18.7 Å². The summed E-state index contributed by atoms with van der Waals surface area (Å²) in [6, 6.07) is 14.3. The second-order valence-electron chi connectivity index (χ2n) is 9.70. The van der Waals surface area contributed by atoms with E-state index in [1.807, 2.05) is 44.2 Å². The summed E-state index contributed by atoms with van der Waals surface area (Å²) < 4.78 is 11.7. The summed E-state index contributed by atoms with van der Waals surface area (Å²) in [4.78, 5) is 20.4. The molecule has 1 atom stereocenters. The zero-order valence-corrected chi connectivity index (χ0v) is 20.8. The number of fused-ring (bicyclic) bond motifs is 1. The number of rotatable bonds is 9. The normalized spacial score (nSPS) is 18.5.